The van der Waals surface area contributed by atoms with Gasteiger partial charge in [-0.2, -0.15) is 9.67 Å². The summed E-state index contributed by atoms with van der Waals surface area (Å²) < 4.78 is 7.91. The molecule has 3 heterocycles. The number of carbonyl (C=O) groups excluding carboxylic acids is 2. The number of hydrogen-bond donors (Lipinski definition) is 0. The molecule has 0 atom stereocenters. The van der Waals surface area contributed by atoms with Crippen LogP contribution in [0.2, 0.25) is 10.0 Å². The summed E-state index contributed by atoms with van der Waals surface area (Å²) in [5.41, 5.74) is 1.21. The molecule has 0 saturated heterocycles. The van der Waals surface area contributed by atoms with Gasteiger partial charge in [-0.3, -0.25) is 9.59 Å². The van der Waals surface area contributed by atoms with E-state index in [-0.39, 0.29) is 21.9 Å². The lowest BCUT2D eigenvalue weighted by Gasteiger charge is -2.16. The van der Waals surface area contributed by atoms with Crippen LogP contribution >= 0.6 is 23.2 Å². The Labute approximate surface area is 222 Å². The highest BCUT2D eigenvalue weighted by atomic mass is 35.5. The number of aromatic nitrogens is 3. The number of imide groups is 1. The largest absolute Gasteiger partial charge is 0.858 e. The molecule has 2 aromatic carbocycles. The summed E-state index contributed by atoms with van der Waals surface area (Å²) in [6, 6.07) is 16.5. The maximum Gasteiger partial charge on any atom is 0.331 e. The fourth-order valence-corrected chi connectivity index (χ4v) is 4.52. The van der Waals surface area contributed by atoms with Crippen LogP contribution in [0.5, 0.6) is 11.6 Å². The van der Waals surface area contributed by atoms with E-state index >= 15 is 0 Å². The fraction of sp³-hybridized carbons (Fsp3) is 0.111. The van der Waals surface area contributed by atoms with Gasteiger partial charge in [0.1, 0.15) is 11.3 Å². The van der Waals surface area contributed by atoms with Crippen molar-refractivity contribution in [2.45, 2.75) is 13.3 Å². The van der Waals surface area contributed by atoms with Crippen LogP contribution in [0.3, 0.4) is 0 Å². The second-order valence-electron chi connectivity index (χ2n) is 8.14. The standard InChI is InChI=1S/C27H20Cl2N4O4/c1-3-21-22(26(35)33(30-21)17-9-12-19(28)20(29)15-17)23-24(31-13-5-4-6-14-31)27(36)32(25(23)34)16-7-10-18(37-2)11-8-16/h4-15H,3H2,1-2H3. The average molecular weight is 535 g/mol. The Hall–Kier alpha value is -4.14. The lowest BCUT2D eigenvalue weighted by Crippen LogP contribution is -2.39. The topological polar surface area (TPSA) is 91.4 Å². The number of pyridine rings is 1. The van der Waals surface area contributed by atoms with Crippen molar-refractivity contribution < 1.29 is 24.0 Å². The highest BCUT2D eigenvalue weighted by Gasteiger charge is 2.47. The molecule has 5 rings (SSSR count). The molecule has 0 N–H and O–H groups in total. The molecule has 0 aliphatic carbocycles. The van der Waals surface area contributed by atoms with Crippen molar-refractivity contribution in [2.75, 3.05) is 12.0 Å². The Balaban J connectivity index is 1.73. The van der Waals surface area contributed by atoms with Gasteiger partial charge in [-0.1, -0.05) is 36.2 Å². The first-order valence-electron chi connectivity index (χ1n) is 11.3. The zero-order valence-corrected chi connectivity index (χ0v) is 21.3. The van der Waals surface area contributed by atoms with Gasteiger partial charge in [-0.05, 0) is 54.8 Å². The number of hydrogen-bond acceptors (Lipinski definition) is 5. The molecule has 0 radical (unpaired) electrons. The number of rotatable bonds is 6. The number of carbonyl (C=O) groups is 2. The molecule has 37 heavy (non-hydrogen) atoms. The van der Waals surface area contributed by atoms with E-state index < -0.39 is 17.7 Å². The first kappa shape index (κ1) is 24.5. The molecule has 8 nitrogen and oxygen atoms in total. The third-order valence-corrected chi connectivity index (χ3v) is 6.75. The van der Waals surface area contributed by atoms with Gasteiger partial charge in [0.05, 0.1) is 34.2 Å². The summed E-state index contributed by atoms with van der Waals surface area (Å²) in [5.74, 6) is -1.16. The van der Waals surface area contributed by atoms with Crippen molar-refractivity contribution in [1.29, 1.82) is 0 Å². The predicted octanol–water partition coefficient (Wildman–Crippen LogP) is 4.05. The summed E-state index contributed by atoms with van der Waals surface area (Å²) in [6.45, 7) is 1.82. The third kappa shape index (κ3) is 4.14. The van der Waals surface area contributed by atoms with Crippen LogP contribution in [-0.4, -0.2) is 28.7 Å². The van der Waals surface area contributed by atoms with E-state index in [4.69, 9.17) is 27.9 Å². The Morgan fingerprint density at radius 1 is 0.946 bits per heavy atom. The molecule has 0 bridgehead atoms. The lowest BCUT2D eigenvalue weighted by molar-refractivity contribution is -0.576. The minimum Gasteiger partial charge on any atom is -0.858 e. The highest BCUT2D eigenvalue weighted by molar-refractivity contribution is 6.53. The Morgan fingerprint density at radius 2 is 1.62 bits per heavy atom. The average Bonchev–Trinajstić information content (AvgIpc) is 3.38. The number of nitrogens with zero attached hydrogens (tertiary/aromatic N) is 4. The predicted molar refractivity (Wildman–Crippen MR) is 138 cm³/mol. The number of anilines is 1. The monoisotopic (exact) mass is 534 g/mol. The van der Waals surface area contributed by atoms with Gasteiger partial charge < -0.3 is 9.84 Å². The summed E-state index contributed by atoms with van der Waals surface area (Å²) >= 11 is 12.2. The number of methoxy groups -OCH3 is 1. The van der Waals surface area contributed by atoms with Crippen molar-refractivity contribution >= 4 is 52.0 Å². The Kier molecular flexibility index (Phi) is 6.45. The third-order valence-electron chi connectivity index (χ3n) is 6.01. The molecule has 4 aromatic rings. The van der Waals surface area contributed by atoms with E-state index in [1.807, 2.05) is 6.92 Å². The SMILES string of the molecule is CCc1nn(-c2ccc(Cl)c(Cl)c2)c([O-])c1C1=C([n+]2ccccc2)C(=O)N(c2ccc(OC)cc2)C1=O. The normalized spacial score (nSPS) is 13.6. The van der Waals surface area contributed by atoms with Crippen LogP contribution < -0.4 is 19.3 Å². The zero-order valence-electron chi connectivity index (χ0n) is 19.8. The molecule has 0 spiro atoms. The van der Waals surface area contributed by atoms with Gasteiger partial charge in [-0.25, -0.2) is 9.58 Å². The molecular formula is C27H20Cl2N4O4. The molecule has 0 fully saturated rings. The van der Waals surface area contributed by atoms with E-state index in [0.29, 0.717) is 34.3 Å². The van der Waals surface area contributed by atoms with Crippen LogP contribution in [-0.2, 0) is 16.0 Å². The molecule has 10 heteroatoms. The zero-order chi connectivity index (χ0) is 26.3. The van der Waals surface area contributed by atoms with Gasteiger partial charge >= 0.3 is 5.91 Å². The maximum atomic E-state index is 13.9. The van der Waals surface area contributed by atoms with Crippen LogP contribution in [0.25, 0.3) is 17.0 Å². The van der Waals surface area contributed by atoms with Crippen molar-refractivity contribution in [3.63, 3.8) is 0 Å². The van der Waals surface area contributed by atoms with Gasteiger partial charge in [0.2, 0.25) is 0 Å². The fourth-order valence-electron chi connectivity index (χ4n) is 4.23. The van der Waals surface area contributed by atoms with Crippen molar-refractivity contribution in [3.05, 3.63) is 94.4 Å². The van der Waals surface area contributed by atoms with Crippen LogP contribution in [0, 0.1) is 0 Å². The quantitative estimate of drug-likeness (QED) is 0.275. The second-order valence-corrected chi connectivity index (χ2v) is 8.96. The van der Waals surface area contributed by atoms with E-state index in [9.17, 15) is 14.7 Å². The maximum absolute atomic E-state index is 13.9. The molecule has 0 saturated carbocycles. The Morgan fingerprint density at radius 3 is 2.24 bits per heavy atom. The number of halogens is 2. The first-order chi connectivity index (χ1) is 17.8. The molecule has 186 valence electrons. The lowest BCUT2D eigenvalue weighted by atomic mass is 10.0. The summed E-state index contributed by atoms with van der Waals surface area (Å²) in [6.07, 6.45) is 3.65. The number of aryl methyl sites for hydroxylation is 1. The number of amides is 2. The van der Waals surface area contributed by atoms with E-state index in [1.165, 1.54) is 22.4 Å². The number of benzene rings is 2. The molecule has 0 unspecified atom stereocenters. The molecule has 1 aliphatic rings. The summed E-state index contributed by atoms with van der Waals surface area (Å²) in [4.78, 5) is 28.7. The van der Waals surface area contributed by atoms with E-state index in [2.05, 4.69) is 5.10 Å². The smallest absolute Gasteiger partial charge is 0.331 e. The minimum atomic E-state index is -0.623. The molecule has 1 aliphatic heterocycles. The van der Waals surface area contributed by atoms with Gasteiger partial charge in [-0.15, -0.1) is 0 Å². The van der Waals surface area contributed by atoms with Crippen LogP contribution in [0.15, 0.2) is 73.1 Å². The Bertz CT molecular complexity index is 1560. The van der Waals surface area contributed by atoms with Crippen LogP contribution in [0.4, 0.5) is 5.69 Å². The minimum absolute atomic E-state index is 0.0230. The molecule has 2 aromatic heterocycles. The highest BCUT2D eigenvalue weighted by Crippen LogP contribution is 2.39. The second kappa shape index (κ2) is 9.72. The summed E-state index contributed by atoms with van der Waals surface area (Å²) in [7, 11) is 1.53. The van der Waals surface area contributed by atoms with Gasteiger partial charge in [0.15, 0.2) is 12.4 Å². The van der Waals surface area contributed by atoms with E-state index in [1.54, 1.807) is 67.0 Å². The summed E-state index contributed by atoms with van der Waals surface area (Å²) in [5, 5.41) is 18.8. The van der Waals surface area contributed by atoms with Gasteiger partial charge in [0.25, 0.3) is 11.6 Å². The molecular weight excluding hydrogens is 515 g/mol. The van der Waals surface area contributed by atoms with E-state index in [0.717, 1.165) is 4.90 Å². The number of ether oxygens (including phenoxy) is 1. The van der Waals surface area contributed by atoms with Gasteiger partial charge in [0, 0.05) is 17.7 Å². The first-order valence-corrected chi connectivity index (χ1v) is 12.1. The van der Waals surface area contributed by atoms with Crippen molar-refractivity contribution in [1.82, 2.24) is 9.78 Å². The van der Waals surface area contributed by atoms with Crippen LogP contribution in [0.1, 0.15) is 18.2 Å². The van der Waals surface area contributed by atoms with Crippen molar-refractivity contribution in [2.24, 2.45) is 0 Å². The van der Waals surface area contributed by atoms with Crippen molar-refractivity contribution in [3.8, 4) is 17.3 Å². The molecule has 2 amide bonds.